The van der Waals surface area contributed by atoms with Crippen LogP contribution < -0.4 is 10.1 Å². The Labute approximate surface area is 171 Å². The predicted octanol–water partition coefficient (Wildman–Crippen LogP) is 4.27. The lowest BCUT2D eigenvalue weighted by atomic mass is 10.0. The minimum Gasteiger partial charge on any atom is -0.457 e. The van der Waals surface area contributed by atoms with Crippen LogP contribution in [0.4, 0.5) is 0 Å². The van der Waals surface area contributed by atoms with Gasteiger partial charge in [-0.15, -0.1) is 0 Å². The second-order valence-corrected chi connectivity index (χ2v) is 7.26. The molecule has 5 heteroatoms. The molecule has 5 nitrogen and oxygen atoms in total. The van der Waals surface area contributed by atoms with Crippen molar-refractivity contribution in [1.29, 1.82) is 0 Å². The van der Waals surface area contributed by atoms with E-state index in [0.29, 0.717) is 11.3 Å². The monoisotopic (exact) mass is 387 g/mol. The van der Waals surface area contributed by atoms with Crippen molar-refractivity contribution in [3.63, 3.8) is 0 Å². The average molecular weight is 387 g/mol. The van der Waals surface area contributed by atoms with E-state index in [9.17, 15) is 4.79 Å². The fraction of sp³-hybridized carbons (Fsp3) is 0.250. The summed E-state index contributed by atoms with van der Waals surface area (Å²) in [6, 6.07) is 23.1. The van der Waals surface area contributed by atoms with Crippen molar-refractivity contribution in [1.82, 2.24) is 15.2 Å². The highest BCUT2D eigenvalue weighted by Gasteiger charge is 2.22. The van der Waals surface area contributed by atoms with E-state index in [1.54, 1.807) is 0 Å². The molecule has 0 atom stereocenters. The van der Waals surface area contributed by atoms with Gasteiger partial charge in [-0.3, -0.25) is 14.7 Å². The molecule has 1 N–H and O–H groups in total. The van der Waals surface area contributed by atoms with Gasteiger partial charge in [0.1, 0.15) is 11.5 Å². The minimum absolute atomic E-state index is 0.0836. The molecule has 0 unspecified atom stereocenters. The third-order valence-electron chi connectivity index (χ3n) is 5.14. The normalized spacial score (nSPS) is 15.0. The summed E-state index contributed by atoms with van der Waals surface area (Å²) in [6.45, 7) is 2.75. The van der Waals surface area contributed by atoms with Gasteiger partial charge in [-0.2, -0.15) is 0 Å². The standard InChI is InChI=1S/C24H25N3O2/c28-24(22-11-4-5-12-23(22)29-21-9-2-1-3-10-21)26-19-13-16-27(17-14-19)18-20-8-6-7-15-25-20/h1-12,15,19H,13-14,16-18H2,(H,26,28). The largest absolute Gasteiger partial charge is 0.457 e. The zero-order valence-corrected chi connectivity index (χ0v) is 16.3. The summed E-state index contributed by atoms with van der Waals surface area (Å²) in [6.07, 6.45) is 3.69. The van der Waals surface area contributed by atoms with E-state index in [0.717, 1.165) is 43.9 Å². The number of benzene rings is 2. The second kappa shape index (κ2) is 9.34. The van der Waals surface area contributed by atoms with E-state index in [1.165, 1.54) is 0 Å². The van der Waals surface area contributed by atoms with E-state index in [4.69, 9.17) is 4.74 Å². The molecule has 0 bridgehead atoms. The third-order valence-corrected chi connectivity index (χ3v) is 5.14. The molecule has 0 spiro atoms. The molecule has 1 aliphatic heterocycles. The molecule has 1 amide bonds. The summed E-state index contributed by atoms with van der Waals surface area (Å²) in [7, 11) is 0. The average Bonchev–Trinajstić information content (AvgIpc) is 2.77. The number of hydrogen-bond donors (Lipinski definition) is 1. The molecule has 1 aliphatic rings. The number of likely N-dealkylation sites (tertiary alicyclic amines) is 1. The van der Waals surface area contributed by atoms with Gasteiger partial charge in [0.2, 0.25) is 0 Å². The highest BCUT2D eigenvalue weighted by molar-refractivity contribution is 5.97. The predicted molar refractivity (Wildman–Crippen MR) is 113 cm³/mol. The minimum atomic E-state index is -0.0836. The molecule has 3 aromatic rings. The number of aromatic nitrogens is 1. The lowest BCUT2D eigenvalue weighted by molar-refractivity contribution is 0.0906. The number of piperidine rings is 1. The number of hydrogen-bond acceptors (Lipinski definition) is 4. The zero-order valence-electron chi connectivity index (χ0n) is 16.3. The van der Waals surface area contributed by atoms with E-state index in [-0.39, 0.29) is 11.9 Å². The molecule has 0 saturated carbocycles. The molecule has 4 rings (SSSR count). The molecule has 0 aliphatic carbocycles. The number of carbonyl (C=O) groups is 1. The number of amides is 1. The van der Waals surface area contributed by atoms with Crippen molar-refractivity contribution >= 4 is 5.91 Å². The van der Waals surface area contributed by atoms with Crippen LogP contribution >= 0.6 is 0 Å². The van der Waals surface area contributed by atoms with Crippen molar-refractivity contribution < 1.29 is 9.53 Å². The van der Waals surface area contributed by atoms with Gasteiger partial charge in [0.15, 0.2) is 0 Å². The highest BCUT2D eigenvalue weighted by atomic mass is 16.5. The smallest absolute Gasteiger partial charge is 0.255 e. The Bertz CT molecular complexity index is 923. The lowest BCUT2D eigenvalue weighted by Gasteiger charge is -2.32. The van der Waals surface area contributed by atoms with Crippen LogP contribution in [-0.4, -0.2) is 34.9 Å². The second-order valence-electron chi connectivity index (χ2n) is 7.26. The zero-order chi connectivity index (χ0) is 19.9. The van der Waals surface area contributed by atoms with Gasteiger partial charge >= 0.3 is 0 Å². The quantitative estimate of drug-likeness (QED) is 0.686. The molecule has 1 saturated heterocycles. The fourth-order valence-corrected chi connectivity index (χ4v) is 3.58. The number of nitrogens with one attached hydrogen (secondary N) is 1. The Morgan fingerprint density at radius 3 is 2.45 bits per heavy atom. The number of rotatable bonds is 6. The van der Waals surface area contributed by atoms with Crippen molar-refractivity contribution in [3.8, 4) is 11.5 Å². The van der Waals surface area contributed by atoms with Gasteiger partial charge in [-0.05, 0) is 49.2 Å². The Hall–Kier alpha value is -3.18. The molecule has 148 valence electrons. The first-order valence-corrected chi connectivity index (χ1v) is 10.0. The van der Waals surface area contributed by atoms with E-state index < -0.39 is 0 Å². The summed E-state index contributed by atoms with van der Waals surface area (Å²) in [5.74, 6) is 1.21. The van der Waals surface area contributed by atoms with Crippen molar-refractivity contribution in [3.05, 3.63) is 90.3 Å². The highest BCUT2D eigenvalue weighted by Crippen LogP contribution is 2.25. The SMILES string of the molecule is O=C(NC1CCN(Cc2ccccn2)CC1)c1ccccc1Oc1ccccc1. The fourth-order valence-electron chi connectivity index (χ4n) is 3.58. The molecule has 29 heavy (non-hydrogen) atoms. The molecular formula is C24H25N3O2. The lowest BCUT2D eigenvalue weighted by Crippen LogP contribution is -2.44. The number of carbonyl (C=O) groups excluding carboxylic acids is 1. The third kappa shape index (κ3) is 5.21. The Morgan fingerprint density at radius 1 is 0.966 bits per heavy atom. The van der Waals surface area contributed by atoms with Gasteiger partial charge in [0.25, 0.3) is 5.91 Å². The molecule has 1 fully saturated rings. The topological polar surface area (TPSA) is 54.5 Å². The first kappa shape index (κ1) is 19.2. The Morgan fingerprint density at radius 2 is 1.69 bits per heavy atom. The molecule has 1 aromatic heterocycles. The first-order valence-electron chi connectivity index (χ1n) is 10.0. The maximum Gasteiger partial charge on any atom is 0.255 e. The summed E-state index contributed by atoms with van der Waals surface area (Å²) in [5.41, 5.74) is 1.65. The van der Waals surface area contributed by atoms with Gasteiger partial charge in [0, 0.05) is 31.9 Å². The van der Waals surface area contributed by atoms with Crippen LogP contribution in [0.3, 0.4) is 0 Å². The van der Waals surface area contributed by atoms with Crippen LogP contribution in [0.5, 0.6) is 11.5 Å². The molecular weight excluding hydrogens is 362 g/mol. The van der Waals surface area contributed by atoms with E-state index >= 15 is 0 Å². The van der Waals surface area contributed by atoms with E-state index in [2.05, 4.69) is 21.3 Å². The summed E-state index contributed by atoms with van der Waals surface area (Å²) in [5, 5.41) is 3.18. The molecule has 0 radical (unpaired) electrons. The Kier molecular flexibility index (Phi) is 6.17. The Balaban J connectivity index is 1.33. The number of nitrogens with zero attached hydrogens (tertiary/aromatic N) is 2. The van der Waals surface area contributed by atoms with Crippen LogP contribution in [0.15, 0.2) is 79.0 Å². The molecule has 2 aromatic carbocycles. The maximum atomic E-state index is 12.9. The van der Waals surface area contributed by atoms with Crippen LogP contribution in [0.2, 0.25) is 0 Å². The first-order chi connectivity index (χ1) is 14.3. The molecule has 2 heterocycles. The van der Waals surface area contributed by atoms with Gasteiger partial charge < -0.3 is 10.1 Å². The summed E-state index contributed by atoms with van der Waals surface area (Å²) < 4.78 is 5.93. The maximum absolute atomic E-state index is 12.9. The number of pyridine rings is 1. The summed E-state index contributed by atoms with van der Waals surface area (Å²) in [4.78, 5) is 19.7. The van der Waals surface area contributed by atoms with Gasteiger partial charge in [-0.25, -0.2) is 0 Å². The van der Waals surface area contributed by atoms with Crippen LogP contribution in [0.25, 0.3) is 0 Å². The number of ether oxygens (including phenoxy) is 1. The van der Waals surface area contributed by atoms with Crippen LogP contribution in [0.1, 0.15) is 28.9 Å². The van der Waals surface area contributed by atoms with Crippen LogP contribution in [0, 0.1) is 0 Å². The summed E-state index contributed by atoms with van der Waals surface area (Å²) >= 11 is 0. The van der Waals surface area contributed by atoms with Gasteiger partial charge in [-0.1, -0.05) is 36.4 Å². The van der Waals surface area contributed by atoms with Crippen molar-refractivity contribution in [2.45, 2.75) is 25.4 Å². The number of para-hydroxylation sites is 2. The van der Waals surface area contributed by atoms with Gasteiger partial charge in [0.05, 0.1) is 11.3 Å². The van der Waals surface area contributed by atoms with E-state index in [1.807, 2.05) is 72.9 Å². The van der Waals surface area contributed by atoms with Crippen LogP contribution in [-0.2, 0) is 6.54 Å². The van der Waals surface area contributed by atoms with Crippen molar-refractivity contribution in [2.75, 3.05) is 13.1 Å². The van der Waals surface area contributed by atoms with Crippen molar-refractivity contribution in [2.24, 2.45) is 0 Å².